The lowest BCUT2D eigenvalue weighted by molar-refractivity contribution is -0.163. The van der Waals surface area contributed by atoms with Gasteiger partial charge in [-0.2, -0.15) is 0 Å². The van der Waals surface area contributed by atoms with Gasteiger partial charge in [-0.3, -0.25) is 4.79 Å². The fraction of sp³-hybridized carbons (Fsp3) is 0.818. The maximum atomic E-state index is 11.7. The molecular formula is C11H20N2O3. The van der Waals surface area contributed by atoms with Gasteiger partial charge in [-0.1, -0.05) is 0 Å². The van der Waals surface area contributed by atoms with Gasteiger partial charge in [0.15, 0.2) is 0 Å². The quantitative estimate of drug-likeness (QED) is 0.689. The molecule has 0 aromatic carbocycles. The van der Waals surface area contributed by atoms with E-state index < -0.39 is 17.7 Å². The molecule has 5 heteroatoms. The minimum atomic E-state index is -0.555. The number of hydrogen-bond acceptors (Lipinski definition) is 4. The molecule has 92 valence electrons. The maximum absolute atomic E-state index is 11.7. The zero-order valence-electron chi connectivity index (χ0n) is 10.3. The van der Waals surface area contributed by atoms with Crippen LogP contribution in [0.5, 0.6) is 0 Å². The van der Waals surface area contributed by atoms with Gasteiger partial charge in [-0.05, 0) is 34.1 Å². The first-order valence-electron chi connectivity index (χ1n) is 5.51. The molecule has 1 aliphatic rings. The summed E-state index contributed by atoms with van der Waals surface area (Å²) in [6, 6.07) is -1.02. The van der Waals surface area contributed by atoms with Crippen LogP contribution in [-0.2, 0) is 14.3 Å². The first-order chi connectivity index (χ1) is 7.22. The molecule has 0 aliphatic carbocycles. The van der Waals surface area contributed by atoms with Crippen LogP contribution in [0.1, 0.15) is 34.1 Å². The van der Waals surface area contributed by atoms with E-state index >= 15 is 0 Å². The van der Waals surface area contributed by atoms with E-state index in [2.05, 4.69) is 0 Å². The van der Waals surface area contributed by atoms with Crippen molar-refractivity contribution in [1.82, 2.24) is 4.90 Å². The van der Waals surface area contributed by atoms with E-state index in [4.69, 9.17) is 10.5 Å². The average Bonchev–Trinajstić information content (AvgIpc) is 2.44. The number of hydrogen-bond donors (Lipinski definition) is 1. The van der Waals surface area contributed by atoms with Crippen molar-refractivity contribution in [3.63, 3.8) is 0 Å². The first kappa shape index (κ1) is 13.0. The Hall–Kier alpha value is -1.10. The summed E-state index contributed by atoms with van der Waals surface area (Å²) in [7, 11) is 0. The van der Waals surface area contributed by atoms with E-state index in [1.807, 2.05) is 0 Å². The summed E-state index contributed by atoms with van der Waals surface area (Å²) in [4.78, 5) is 24.8. The van der Waals surface area contributed by atoms with Crippen molar-refractivity contribution < 1.29 is 14.3 Å². The predicted molar refractivity (Wildman–Crippen MR) is 59.6 cm³/mol. The van der Waals surface area contributed by atoms with Gasteiger partial charge in [0.05, 0.1) is 6.04 Å². The third kappa shape index (κ3) is 2.95. The molecular weight excluding hydrogens is 208 g/mol. The van der Waals surface area contributed by atoms with Gasteiger partial charge in [0.25, 0.3) is 0 Å². The summed E-state index contributed by atoms with van der Waals surface area (Å²) in [5.74, 6) is -0.548. The maximum Gasteiger partial charge on any atom is 0.329 e. The Kier molecular flexibility index (Phi) is 3.57. The van der Waals surface area contributed by atoms with E-state index in [0.717, 1.165) is 0 Å². The molecule has 1 amide bonds. The minimum absolute atomic E-state index is 0.168. The Labute approximate surface area is 95.9 Å². The highest BCUT2D eigenvalue weighted by Gasteiger charge is 2.36. The van der Waals surface area contributed by atoms with Crippen LogP contribution in [-0.4, -0.2) is 41.0 Å². The van der Waals surface area contributed by atoms with Crippen LogP contribution >= 0.6 is 0 Å². The van der Waals surface area contributed by atoms with Crippen LogP contribution in [0.25, 0.3) is 0 Å². The highest BCUT2D eigenvalue weighted by atomic mass is 16.6. The number of ether oxygens (including phenoxy) is 1. The SMILES string of the molecule is C[C@H](C(=O)OC(C)(C)C)N1CC[C@@H](N)C1=O. The molecule has 16 heavy (non-hydrogen) atoms. The average molecular weight is 228 g/mol. The van der Waals surface area contributed by atoms with Crippen LogP contribution in [0.3, 0.4) is 0 Å². The number of carbonyl (C=O) groups is 2. The fourth-order valence-corrected chi connectivity index (χ4v) is 1.62. The summed E-state index contributed by atoms with van der Waals surface area (Å²) in [5.41, 5.74) is 5.06. The molecule has 2 atom stereocenters. The topological polar surface area (TPSA) is 72.6 Å². The number of rotatable bonds is 2. The van der Waals surface area contributed by atoms with Crippen molar-refractivity contribution in [3.05, 3.63) is 0 Å². The van der Waals surface area contributed by atoms with Gasteiger partial charge in [0.2, 0.25) is 5.91 Å². The highest BCUT2D eigenvalue weighted by Crippen LogP contribution is 2.16. The smallest absolute Gasteiger partial charge is 0.329 e. The molecule has 1 heterocycles. The molecule has 0 spiro atoms. The number of nitrogens with two attached hydrogens (primary N) is 1. The summed E-state index contributed by atoms with van der Waals surface area (Å²) < 4.78 is 5.22. The van der Waals surface area contributed by atoms with Gasteiger partial charge in [-0.25, -0.2) is 4.79 Å². The second-order valence-electron chi connectivity index (χ2n) is 5.14. The molecule has 1 saturated heterocycles. The van der Waals surface area contributed by atoms with Crippen molar-refractivity contribution in [2.75, 3.05) is 6.54 Å². The van der Waals surface area contributed by atoms with Gasteiger partial charge in [0, 0.05) is 6.54 Å². The number of carbonyl (C=O) groups excluding carboxylic acids is 2. The Morgan fingerprint density at radius 1 is 1.56 bits per heavy atom. The van der Waals surface area contributed by atoms with E-state index in [0.29, 0.717) is 13.0 Å². The molecule has 2 N–H and O–H groups in total. The van der Waals surface area contributed by atoms with Crippen molar-refractivity contribution in [2.24, 2.45) is 5.73 Å². The van der Waals surface area contributed by atoms with Crippen molar-refractivity contribution >= 4 is 11.9 Å². The van der Waals surface area contributed by atoms with Crippen LogP contribution in [0.2, 0.25) is 0 Å². The van der Waals surface area contributed by atoms with Crippen molar-refractivity contribution in [1.29, 1.82) is 0 Å². The third-order valence-corrected chi connectivity index (χ3v) is 2.50. The van der Waals surface area contributed by atoms with Crippen molar-refractivity contribution in [2.45, 2.75) is 51.8 Å². The molecule has 1 fully saturated rings. The summed E-state index contributed by atoms with van der Waals surface area (Å²) >= 11 is 0. The Morgan fingerprint density at radius 2 is 2.12 bits per heavy atom. The van der Waals surface area contributed by atoms with Gasteiger partial charge in [-0.15, -0.1) is 0 Å². The Morgan fingerprint density at radius 3 is 2.50 bits per heavy atom. The molecule has 0 saturated carbocycles. The van der Waals surface area contributed by atoms with Gasteiger partial charge >= 0.3 is 5.97 Å². The second-order valence-corrected chi connectivity index (χ2v) is 5.14. The van der Waals surface area contributed by atoms with Crippen LogP contribution in [0, 0.1) is 0 Å². The number of esters is 1. The van der Waals surface area contributed by atoms with Crippen LogP contribution in [0.4, 0.5) is 0 Å². The number of amides is 1. The molecule has 0 bridgehead atoms. The zero-order valence-corrected chi connectivity index (χ0v) is 10.3. The molecule has 5 nitrogen and oxygen atoms in total. The molecule has 0 aromatic heterocycles. The van der Waals surface area contributed by atoms with Gasteiger partial charge < -0.3 is 15.4 Å². The summed E-state index contributed by atoms with van der Waals surface area (Å²) in [5, 5.41) is 0. The van der Waals surface area contributed by atoms with Crippen LogP contribution in [0.15, 0.2) is 0 Å². The molecule has 0 aromatic rings. The van der Waals surface area contributed by atoms with E-state index in [9.17, 15) is 9.59 Å². The lowest BCUT2D eigenvalue weighted by Gasteiger charge is -2.27. The fourth-order valence-electron chi connectivity index (χ4n) is 1.62. The van der Waals surface area contributed by atoms with E-state index in [1.165, 1.54) is 4.90 Å². The summed E-state index contributed by atoms with van der Waals surface area (Å²) in [6.45, 7) is 7.60. The van der Waals surface area contributed by atoms with Crippen LogP contribution < -0.4 is 5.73 Å². The molecule has 1 aliphatic heterocycles. The van der Waals surface area contributed by atoms with E-state index in [-0.39, 0.29) is 11.9 Å². The normalized spacial score (nSPS) is 23.4. The Balaban J connectivity index is 2.61. The standard InChI is InChI=1S/C11H20N2O3/c1-7(10(15)16-11(2,3)4)13-6-5-8(12)9(13)14/h7-8H,5-6,12H2,1-4H3/t7-,8-/m1/s1. The monoisotopic (exact) mass is 228 g/mol. The first-order valence-corrected chi connectivity index (χ1v) is 5.51. The predicted octanol–water partition coefficient (Wildman–Crippen LogP) is 0.276. The molecule has 0 radical (unpaired) electrons. The summed E-state index contributed by atoms with van der Waals surface area (Å²) in [6.07, 6.45) is 0.603. The second kappa shape index (κ2) is 4.41. The lowest BCUT2D eigenvalue weighted by Crippen LogP contribution is -2.45. The number of nitrogens with zero attached hydrogens (tertiary/aromatic N) is 1. The minimum Gasteiger partial charge on any atom is -0.458 e. The molecule has 1 rings (SSSR count). The highest BCUT2D eigenvalue weighted by molar-refractivity contribution is 5.88. The molecule has 0 unspecified atom stereocenters. The zero-order chi connectivity index (χ0) is 12.5. The largest absolute Gasteiger partial charge is 0.458 e. The van der Waals surface area contributed by atoms with Crippen molar-refractivity contribution in [3.8, 4) is 0 Å². The lowest BCUT2D eigenvalue weighted by atomic mass is 10.2. The number of likely N-dealkylation sites (tertiary alicyclic amines) is 1. The Bertz CT molecular complexity index is 296. The van der Waals surface area contributed by atoms with E-state index in [1.54, 1.807) is 27.7 Å². The third-order valence-electron chi connectivity index (χ3n) is 2.50. The van der Waals surface area contributed by atoms with Gasteiger partial charge in [0.1, 0.15) is 11.6 Å².